The van der Waals surface area contributed by atoms with Crippen LogP contribution < -0.4 is 5.32 Å². The molecule has 0 aromatic carbocycles. The van der Waals surface area contributed by atoms with Gasteiger partial charge in [-0.2, -0.15) is 0 Å². The highest BCUT2D eigenvalue weighted by Crippen LogP contribution is 2.66. The van der Waals surface area contributed by atoms with Crippen LogP contribution in [-0.4, -0.2) is 76.7 Å². The van der Waals surface area contributed by atoms with Crippen LogP contribution in [0.4, 0.5) is 4.79 Å². The maximum atomic E-state index is 12.4. The van der Waals surface area contributed by atoms with Gasteiger partial charge in [0.1, 0.15) is 6.10 Å². The lowest BCUT2D eigenvalue weighted by Gasteiger charge is -2.33. The molecule has 0 aromatic rings. The maximum absolute atomic E-state index is 12.4. The van der Waals surface area contributed by atoms with E-state index < -0.39 is 46.6 Å². The Morgan fingerprint density at radius 2 is 1.84 bits per heavy atom. The lowest BCUT2D eigenvalue weighted by atomic mass is 10.0. The molecule has 7 atom stereocenters. The van der Waals surface area contributed by atoms with Crippen molar-refractivity contribution in [1.29, 1.82) is 0 Å². The van der Waals surface area contributed by atoms with Gasteiger partial charge in [0.25, 0.3) is 0 Å². The highest BCUT2D eigenvalue weighted by molar-refractivity contribution is 7.77. The van der Waals surface area contributed by atoms with Gasteiger partial charge in [0.2, 0.25) is 0 Å². The molecule has 4 unspecified atom stereocenters. The summed E-state index contributed by atoms with van der Waals surface area (Å²) >= 11 is 0. The Morgan fingerprint density at radius 1 is 1.23 bits per heavy atom. The SMILES string of the molecule is C=C1NC(=O)N([C@@H]2C[C@H](CCP(=C)(C)OP(C)(=O)OP(C)(=O)O)C(O)[C@@H]2O)C=C1CC. The number of allylic oxidation sites excluding steroid dienone is 1. The number of nitrogens with zero attached hydrogens (tertiary/aromatic N) is 1. The predicted octanol–water partition coefficient (Wildman–Crippen LogP) is 2.99. The van der Waals surface area contributed by atoms with Crippen LogP contribution in [0.15, 0.2) is 24.0 Å². The number of urea groups is 1. The molecule has 1 aliphatic carbocycles. The van der Waals surface area contributed by atoms with Crippen molar-refractivity contribution in [3.63, 3.8) is 0 Å². The van der Waals surface area contributed by atoms with Gasteiger partial charge in [-0.3, -0.25) is 18.3 Å². The number of hydrogen-bond donors (Lipinski definition) is 4. The zero-order valence-electron chi connectivity index (χ0n) is 18.3. The van der Waals surface area contributed by atoms with Crippen molar-refractivity contribution in [3.8, 4) is 0 Å². The minimum absolute atomic E-state index is 0.339. The summed E-state index contributed by atoms with van der Waals surface area (Å²) in [5, 5.41) is 23.8. The average molecular weight is 498 g/mol. The van der Waals surface area contributed by atoms with Gasteiger partial charge in [-0.1, -0.05) is 19.8 Å². The van der Waals surface area contributed by atoms with Gasteiger partial charge in [0.05, 0.1) is 12.1 Å². The lowest BCUT2D eigenvalue weighted by molar-refractivity contribution is 0.000689. The molecule has 2 amide bonds. The van der Waals surface area contributed by atoms with E-state index in [4.69, 9.17) is 4.31 Å². The number of rotatable bonds is 9. The molecular formula is C18H33N2O8P3. The molecule has 4 N–H and O–H groups in total. The summed E-state index contributed by atoms with van der Waals surface area (Å²) in [6, 6.07) is -1.01. The van der Waals surface area contributed by atoms with Gasteiger partial charge in [-0.25, -0.2) is 9.11 Å². The number of carbonyl (C=O) groups excluding carboxylic acids is 1. The van der Waals surface area contributed by atoms with Crippen LogP contribution >= 0.6 is 22.3 Å². The van der Waals surface area contributed by atoms with E-state index in [9.17, 15) is 29.0 Å². The molecule has 0 spiro atoms. The molecule has 0 radical (unpaired) electrons. The van der Waals surface area contributed by atoms with E-state index in [1.54, 1.807) is 12.9 Å². The third-order valence-electron chi connectivity index (χ3n) is 5.30. The number of hydrogen-bond acceptors (Lipinski definition) is 7. The smallest absolute Gasteiger partial charge is 0.337 e. The minimum Gasteiger partial charge on any atom is -0.390 e. The summed E-state index contributed by atoms with van der Waals surface area (Å²) in [6.07, 6.45) is 5.20. The molecule has 1 saturated carbocycles. The highest BCUT2D eigenvalue weighted by atomic mass is 31.3. The fraction of sp³-hybridized carbons (Fsp3) is 0.667. The van der Waals surface area contributed by atoms with E-state index in [1.165, 1.54) is 4.90 Å². The van der Waals surface area contributed by atoms with Crippen molar-refractivity contribution in [2.45, 2.75) is 44.4 Å². The van der Waals surface area contributed by atoms with Crippen molar-refractivity contribution in [2.75, 3.05) is 26.2 Å². The third kappa shape index (κ3) is 7.15. The van der Waals surface area contributed by atoms with E-state index in [2.05, 4.69) is 22.5 Å². The summed E-state index contributed by atoms with van der Waals surface area (Å²) in [4.78, 5) is 23.1. The average Bonchev–Trinajstić information content (AvgIpc) is 2.85. The Labute approximate surface area is 183 Å². The van der Waals surface area contributed by atoms with E-state index in [1.807, 2.05) is 6.92 Å². The number of aliphatic hydroxyl groups is 2. The Bertz CT molecular complexity index is 898. The van der Waals surface area contributed by atoms with Gasteiger partial charge >= 0.3 is 21.2 Å². The molecule has 1 heterocycles. The summed E-state index contributed by atoms with van der Waals surface area (Å²) in [5.41, 5.74) is 1.36. The molecule has 1 aliphatic heterocycles. The highest BCUT2D eigenvalue weighted by Gasteiger charge is 2.46. The van der Waals surface area contributed by atoms with Gasteiger partial charge in [-0.15, -0.1) is 0 Å². The number of amides is 2. The van der Waals surface area contributed by atoms with Crippen LogP contribution in [0.3, 0.4) is 0 Å². The molecule has 0 bridgehead atoms. The number of aliphatic hydroxyl groups excluding tert-OH is 2. The van der Waals surface area contributed by atoms with E-state index in [-0.39, 0.29) is 5.92 Å². The van der Waals surface area contributed by atoms with Gasteiger partial charge in [0, 0.05) is 32.3 Å². The van der Waals surface area contributed by atoms with Crippen molar-refractivity contribution >= 4 is 34.6 Å². The molecule has 31 heavy (non-hydrogen) atoms. The second kappa shape index (κ2) is 9.66. The second-order valence-electron chi connectivity index (χ2n) is 8.41. The second-order valence-corrected chi connectivity index (χ2v) is 15.9. The summed E-state index contributed by atoms with van der Waals surface area (Å²) in [5.74, 6) is -0.339. The normalized spacial score (nSPS) is 32.6. The summed E-state index contributed by atoms with van der Waals surface area (Å²) in [7, 11) is -10.3. The molecule has 178 valence electrons. The van der Waals surface area contributed by atoms with Crippen LogP contribution in [-0.2, 0) is 17.8 Å². The quantitative estimate of drug-likeness (QED) is 0.355. The maximum Gasteiger partial charge on any atom is 0.337 e. The topological polar surface area (TPSA) is 146 Å². The molecule has 2 aliphatic rings. The minimum atomic E-state index is -4.00. The summed E-state index contributed by atoms with van der Waals surface area (Å²) < 4.78 is 34.0. The van der Waals surface area contributed by atoms with Crippen molar-refractivity contribution < 1.29 is 37.7 Å². The zero-order valence-corrected chi connectivity index (χ0v) is 21.0. The van der Waals surface area contributed by atoms with Crippen LogP contribution in [0.25, 0.3) is 0 Å². The Morgan fingerprint density at radius 3 is 2.39 bits per heavy atom. The lowest BCUT2D eigenvalue weighted by Crippen LogP contribution is -2.49. The van der Waals surface area contributed by atoms with Crippen molar-refractivity contribution in [2.24, 2.45) is 5.92 Å². The fourth-order valence-electron chi connectivity index (χ4n) is 3.92. The van der Waals surface area contributed by atoms with E-state index >= 15 is 0 Å². The fourth-order valence-corrected chi connectivity index (χ4v) is 10.6. The largest absolute Gasteiger partial charge is 0.390 e. The first kappa shape index (κ1) is 26.6. The molecule has 0 saturated heterocycles. The third-order valence-corrected chi connectivity index (χ3v) is 11.7. The van der Waals surface area contributed by atoms with Crippen LogP contribution in [0.1, 0.15) is 26.2 Å². The first-order valence-electron chi connectivity index (χ1n) is 9.91. The molecule has 10 nitrogen and oxygen atoms in total. The Hall–Kier alpha value is -0.690. The molecule has 0 aromatic heterocycles. The van der Waals surface area contributed by atoms with Gasteiger partial charge in [-0.05, 0) is 43.6 Å². The standard InChI is InChI=1S/C18H33N2O8P3/c1-7-13-11-20(18(23)19-12(13)2)15-10-14(16(21)17(15)22)8-9-29(3,4)27-31(6,26)28-30(5,24)25/h11,14-17,21-22H,2-3,7-10H2,1,4-6H3,(H,19,23)(H,24,25)/t14-,15+,16?,17+,29?,31?/m0/s1. The van der Waals surface area contributed by atoms with Gasteiger partial charge in [0.15, 0.2) is 0 Å². The van der Waals surface area contributed by atoms with Gasteiger partial charge < -0.3 is 20.4 Å². The van der Waals surface area contributed by atoms with Crippen LogP contribution in [0.5, 0.6) is 0 Å². The first-order valence-corrected chi connectivity index (χ1v) is 16.4. The van der Waals surface area contributed by atoms with Crippen molar-refractivity contribution in [3.05, 3.63) is 24.0 Å². The number of nitrogens with one attached hydrogen (secondary N) is 1. The number of carbonyl (C=O) groups is 1. The Kier molecular flexibility index (Phi) is 8.28. The Balaban J connectivity index is 2.05. The summed E-state index contributed by atoms with van der Waals surface area (Å²) in [6.45, 7) is 9.45. The molecule has 2 rings (SSSR count). The zero-order chi connectivity index (χ0) is 23.8. The van der Waals surface area contributed by atoms with E-state index in [0.29, 0.717) is 31.1 Å². The predicted molar refractivity (Wildman–Crippen MR) is 123 cm³/mol. The van der Waals surface area contributed by atoms with Crippen LogP contribution in [0.2, 0.25) is 0 Å². The monoisotopic (exact) mass is 498 g/mol. The molecule has 1 fully saturated rings. The van der Waals surface area contributed by atoms with Crippen LogP contribution in [0, 0.1) is 5.92 Å². The molecular weight excluding hydrogens is 465 g/mol. The van der Waals surface area contributed by atoms with E-state index in [0.717, 1.165) is 18.9 Å². The first-order chi connectivity index (χ1) is 14.1. The molecule has 13 heteroatoms. The van der Waals surface area contributed by atoms with Crippen molar-refractivity contribution in [1.82, 2.24) is 10.2 Å².